The number of carbonyl (C=O) groups is 1. The molecule has 1 amide bonds. The van der Waals surface area contributed by atoms with Crippen molar-refractivity contribution in [3.05, 3.63) is 47.4 Å². The normalized spacial score (nSPS) is 18.2. The molecule has 2 saturated heterocycles. The molecule has 0 saturated carbocycles. The van der Waals surface area contributed by atoms with Gasteiger partial charge in [-0.15, -0.1) is 0 Å². The van der Waals surface area contributed by atoms with Crippen LogP contribution in [0.2, 0.25) is 10.0 Å². The lowest BCUT2D eigenvalue weighted by atomic mass is 10.1. The molecule has 0 atom stereocenters. The van der Waals surface area contributed by atoms with E-state index in [0.29, 0.717) is 21.8 Å². The summed E-state index contributed by atoms with van der Waals surface area (Å²) in [7, 11) is 0. The highest BCUT2D eigenvalue weighted by atomic mass is 35.5. The fraction of sp³-hybridized carbons (Fsp3) is 0.368. The molecular formula is C19H21Cl2N5O2. The van der Waals surface area contributed by atoms with E-state index in [1.807, 2.05) is 11.1 Å². The Kier molecular flexibility index (Phi) is 5.23. The van der Waals surface area contributed by atoms with Gasteiger partial charge in [-0.3, -0.25) is 9.69 Å². The van der Waals surface area contributed by atoms with Crippen molar-refractivity contribution in [2.75, 3.05) is 44.2 Å². The minimum Gasteiger partial charge on any atom is -0.506 e. The Morgan fingerprint density at radius 2 is 1.86 bits per heavy atom. The number of aromatic nitrogens is 2. The van der Waals surface area contributed by atoms with Gasteiger partial charge in [0.1, 0.15) is 17.9 Å². The van der Waals surface area contributed by atoms with Crippen LogP contribution in [-0.4, -0.2) is 75.7 Å². The van der Waals surface area contributed by atoms with Crippen LogP contribution in [0.1, 0.15) is 0 Å². The smallest absolute Gasteiger partial charge is 0.246 e. The van der Waals surface area contributed by atoms with Gasteiger partial charge in [-0.25, -0.2) is 4.98 Å². The van der Waals surface area contributed by atoms with Crippen molar-refractivity contribution in [1.82, 2.24) is 19.4 Å². The quantitative estimate of drug-likeness (QED) is 0.767. The number of halogens is 2. The molecule has 2 aromatic rings. The topological polar surface area (TPSA) is 64.8 Å². The first-order chi connectivity index (χ1) is 13.5. The summed E-state index contributed by atoms with van der Waals surface area (Å²) in [6.07, 6.45) is 4.91. The monoisotopic (exact) mass is 421 g/mol. The second-order valence-corrected chi connectivity index (χ2v) is 7.83. The molecule has 4 rings (SSSR count). The zero-order valence-corrected chi connectivity index (χ0v) is 16.8. The van der Waals surface area contributed by atoms with Gasteiger partial charge in [0.25, 0.3) is 0 Å². The Morgan fingerprint density at radius 1 is 1.18 bits per heavy atom. The number of hydrogen-bond acceptors (Lipinski definition) is 5. The largest absolute Gasteiger partial charge is 0.506 e. The maximum absolute atomic E-state index is 11.6. The van der Waals surface area contributed by atoms with Crippen molar-refractivity contribution >= 4 is 34.9 Å². The third kappa shape index (κ3) is 3.57. The van der Waals surface area contributed by atoms with Crippen molar-refractivity contribution in [3.63, 3.8) is 0 Å². The molecule has 0 spiro atoms. The lowest BCUT2D eigenvalue weighted by Gasteiger charge is -2.47. The van der Waals surface area contributed by atoms with Crippen molar-refractivity contribution in [2.24, 2.45) is 0 Å². The SMILES string of the molecule is C=CC(=O)N1CC(N2CCN(c3cn(-c4cc(Cl)c(Cl)cc4O)cn3)CC2)C1. The molecule has 0 unspecified atom stereocenters. The number of imidazole rings is 1. The number of nitrogens with zero attached hydrogens (tertiary/aromatic N) is 5. The van der Waals surface area contributed by atoms with E-state index in [1.54, 1.807) is 17.0 Å². The lowest BCUT2D eigenvalue weighted by molar-refractivity contribution is -0.133. The molecule has 1 aromatic carbocycles. The van der Waals surface area contributed by atoms with E-state index in [-0.39, 0.29) is 11.7 Å². The molecule has 1 aromatic heterocycles. The molecule has 3 heterocycles. The summed E-state index contributed by atoms with van der Waals surface area (Å²) in [4.78, 5) is 22.5. The Balaban J connectivity index is 1.37. The summed E-state index contributed by atoms with van der Waals surface area (Å²) in [5.74, 6) is 0.903. The second-order valence-electron chi connectivity index (χ2n) is 7.02. The van der Waals surface area contributed by atoms with Crippen LogP contribution >= 0.6 is 23.2 Å². The van der Waals surface area contributed by atoms with Crippen LogP contribution in [0.4, 0.5) is 5.82 Å². The van der Waals surface area contributed by atoms with Crippen LogP contribution in [0.25, 0.3) is 5.69 Å². The number of aromatic hydroxyl groups is 1. The summed E-state index contributed by atoms with van der Waals surface area (Å²) in [6, 6.07) is 3.48. The van der Waals surface area contributed by atoms with Crippen LogP contribution in [0, 0.1) is 0 Å². The fourth-order valence-corrected chi connectivity index (χ4v) is 3.97. The lowest BCUT2D eigenvalue weighted by Crippen LogP contribution is -2.64. The Morgan fingerprint density at radius 3 is 2.54 bits per heavy atom. The molecule has 148 valence electrons. The average molecular weight is 422 g/mol. The van der Waals surface area contributed by atoms with Crippen LogP contribution in [-0.2, 0) is 4.79 Å². The van der Waals surface area contributed by atoms with E-state index in [4.69, 9.17) is 23.2 Å². The average Bonchev–Trinajstić information content (AvgIpc) is 3.13. The standard InChI is InChI=1S/C19H21Cl2N5O2/c1-2-19(28)25-9-13(10-25)23-3-5-24(6-4-23)18-11-26(12-22-18)16-7-14(20)15(21)8-17(16)27/h2,7-8,11-13,27H,1,3-6,9-10H2. The summed E-state index contributed by atoms with van der Waals surface area (Å²) in [5.41, 5.74) is 0.535. The number of phenolic OH excluding ortho intramolecular Hbond substituents is 1. The first-order valence-corrected chi connectivity index (χ1v) is 9.84. The van der Waals surface area contributed by atoms with Crippen LogP contribution < -0.4 is 4.90 Å². The molecule has 1 N–H and O–H groups in total. The zero-order chi connectivity index (χ0) is 19.8. The van der Waals surface area contributed by atoms with Crippen molar-refractivity contribution in [1.29, 1.82) is 0 Å². The number of phenols is 1. The van der Waals surface area contributed by atoms with Gasteiger partial charge in [0.2, 0.25) is 5.91 Å². The molecule has 2 aliphatic rings. The molecular weight excluding hydrogens is 401 g/mol. The molecule has 9 heteroatoms. The maximum Gasteiger partial charge on any atom is 0.246 e. The maximum atomic E-state index is 11.6. The summed E-state index contributed by atoms with van der Waals surface area (Å²) >= 11 is 12.0. The van der Waals surface area contributed by atoms with Gasteiger partial charge in [-0.05, 0) is 12.1 Å². The third-order valence-corrected chi connectivity index (χ3v) is 6.09. The highest BCUT2D eigenvalue weighted by Crippen LogP contribution is 2.32. The number of benzene rings is 1. The molecule has 0 radical (unpaired) electrons. The number of amides is 1. The van der Waals surface area contributed by atoms with Gasteiger partial charge in [0.05, 0.1) is 21.9 Å². The number of carbonyl (C=O) groups excluding carboxylic acids is 1. The van der Waals surface area contributed by atoms with Crippen LogP contribution in [0.3, 0.4) is 0 Å². The predicted octanol–water partition coefficient (Wildman–Crippen LogP) is 2.40. The van der Waals surface area contributed by atoms with E-state index < -0.39 is 0 Å². The summed E-state index contributed by atoms with van der Waals surface area (Å²) < 4.78 is 1.74. The number of hydrogen-bond donors (Lipinski definition) is 1. The van der Waals surface area contributed by atoms with Crippen molar-refractivity contribution < 1.29 is 9.90 Å². The first-order valence-electron chi connectivity index (χ1n) is 9.09. The van der Waals surface area contributed by atoms with E-state index in [9.17, 15) is 9.90 Å². The molecule has 7 nitrogen and oxygen atoms in total. The zero-order valence-electron chi connectivity index (χ0n) is 15.3. The van der Waals surface area contributed by atoms with E-state index in [0.717, 1.165) is 45.1 Å². The summed E-state index contributed by atoms with van der Waals surface area (Å²) in [5, 5.41) is 10.8. The highest BCUT2D eigenvalue weighted by Gasteiger charge is 2.35. The van der Waals surface area contributed by atoms with Crippen molar-refractivity contribution in [2.45, 2.75) is 6.04 Å². The molecule has 2 aliphatic heterocycles. The van der Waals surface area contributed by atoms with Crippen LogP contribution in [0.15, 0.2) is 37.3 Å². The first kappa shape index (κ1) is 19.1. The molecule has 2 fully saturated rings. The number of rotatable bonds is 4. The van der Waals surface area contributed by atoms with Gasteiger partial charge in [-0.1, -0.05) is 29.8 Å². The minimum atomic E-state index is 0.00554. The third-order valence-electron chi connectivity index (χ3n) is 5.37. The Bertz CT molecular complexity index is 902. The number of piperazine rings is 1. The van der Waals surface area contributed by atoms with Crippen LogP contribution in [0.5, 0.6) is 5.75 Å². The van der Waals surface area contributed by atoms with E-state index >= 15 is 0 Å². The van der Waals surface area contributed by atoms with E-state index in [2.05, 4.69) is 21.4 Å². The molecule has 0 bridgehead atoms. The molecule has 0 aliphatic carbocycles. The highest BCUT2D eigenvalue weighted by molar-refractivity contribution is 6.42. The Hall–Kier alpha value is -2.22. The summed E-state index contributed by atoms with van der Waals surface area (Å²) in [6.45, 7) is 8.64. The predicted molar refractivity (Wildman–Crippen MR) is 110 cm³/mol. The second kappa shape index (κ2) is 7.66. The van der Waals surface area contributed by atoms with Gasteiger partial charge in [-0.2, -0.15) is 0 Å². The van der Waals surface area contributed by atoms with Gasteiger partial charge in [0.15, 0.2) is 0 Å². The van der Waals surface area contributed by atoms with Gasteiger partial charge < -0.3 is 19.5 Å². The number of likely N-dealkylation sites (tertiary alicyclic amines) is 1. The van der Waals surface area contributed by atoms with Gasteiger partial charge in [0, 0.05) is 51.4 Å². The van der Waals surface area contributed by atoms with Gasteiger partial charge >= 0.3 is 0 Å². The number of anilines is 1. The fourth-order valence-electron chi connectivity index (χ4n) is 3.65. The Labute approximate surface area is 173 Å². The van der Waals surface area contributed by atoms with E-state index in [1.165, 1.54) is 12.1 Å². The molecule has 28 heavy (non-hydrogen) atoms. The van der Waals surface area contributed by atoms with Crippen molar-refractivity contribution in [3.8, 4) is 11.4 Å². The minimum absolute atomic E-state index is 0.00554.